The topological polar surface area (TPSA) is 63.9 Å². The first-order valence-corrected chi connectivity index (χ1v) is 5.18. The van der Waals surface area contributed by atoms with Gasteiger partial charge in [-0.25, -0.2) is 0 Å². The van der Waals surface area contributed by atoms with Crippen LogP contribution in [-0.2, 0) is 6.54 Å². The van der Waals surface area contributed by atoms with Gasteiger partial charge in [0.25, 0.3) is 0 Å². The van der Waals surface area contributed by atoms with Gasteiger partial charge in [-0.15, -0.1) is 5.10 Å². The van der Waals surface area contributed by atoms with Gasteiger partial charge in [-0.05, 0) is 37.1 Å². The second kappa shape index (κ2) is 4.37. The van der Waals surface area contributed by atoms with E-state index in [1.54, 1.807) is 0 Å². The third-order valence-corrected chi connectivity index (χ3v) is 2.44. The highest BCUT2D eigenvalue weighted by Crippen LogP contribution is 2.22. The zero-order valence-electron chi connectivity index (χ0n) is 9.45. The number of rotatable bonds is 3. The molecule has 0 unspecified atom stereocenters. The molecule has 0 aliphatic rings. The van der Waals surface area contributed by atoms with E-state index in [0.717, 1.165) is 22.6 Å². The summed E-state index contributed by atoms with van der Waals surface area (Å²) in [4.78, 5) is 0. The van der Waals surface area contributed by atoms with Crippen LogP contribution in [0.1, 0.15) is 16.8 Å². The first kappa shape index (κ1) is 10.7. The van der Waals surface area contributed by atoms with Crippen LogP contribution < -0.4 is 10.5 Å². The number of nitrogens with one attached hydrogen (secondary N) is 1. The summed E-state index contributed by atoms with van der Waals surface area (Å²) in [6, 6.07) is 7.70. The van der Waals surface area contributed by atoms with Gasteiger partial charge >= 0.3 is 0 Å². The van der Waals surface area contributed by atoms with Crippen molar-refractivity contribution < 1.29 is 4.74 Å². The molecule has 1 aromatic heterocycles. The van der Waals surface area contributed by atoms with Gasteiger partial charge in [-0.3, -0.25) is 5.10 Å². The predicted octanol–water partition coefficient (Wildman–Crippen LogP) is 2.28. The molecule has 2 rings (SSSR count). The smallest absolute Gasteiger partial charge is 0.238 e. The second-order valence-corrected chi connectivity index (χ2v) is 3.78. The van der Waals surface area contributed by atoms with Crippen LogP contribution in [0.3, 0.4) is 0 Å². The highest BCUT2D eigenvalue weighted by atomic mass is 16.5. The van der Waals surface area contributed by atoms with Gasteiger partial charge in [-0.1, -0.05) is 6.07 Å². The van der Waals surface area contributed by atoms with E-state index in [1.165, 1.54) is 0 Å². The Morgan fingerprint density at radius 2 is 2.12 bits per heavy atom. The molecule has 0 aliphatic heterocycles. The molecule has 0 spiro atoms. The van der Waals surface area contributed by atoms with Crippen LogP contribution in [-0.4, -0.2) is 10.2 Å². The molecule has 0 radical (unpaired) electrons. The van der Waals surface area contributed by atoms with Crippen molar-refractivity contribution in [1.82, 2.24) is 10.2 Å². The third-order valence-electron chi connectivity index (χ3n) is 2.44. The van der Waals surface area contributed by atoms with Crippen molar-refractivity contribution in [3.63, 3.8) is 0 Å². The van der Waals surface area contributed by atoms with Crippen LogP contribution in [0.15, 0.2) is 24.3 Å². The minimum atomic E-state index is 0.549. The molecule has 0 saturated heterocycles. The Kier molecular flexibility index (Phi) is 2.92. The van der Waals surface area contributed by atoms with E-state index in [0.29, 0.717) is 12.4 Å². The molecule has 1 heterocycles. The van der Waals surface area contributed by atoms with Crippen molar-refractivity contribution in [2.75, 3.05) is 0 Å². The fourth-order valence-electron chi connectivity index (χ4n) is 1.53. The maximum Gasteiger partial charge on any atom is 0.238 e. The van der Waals surface area contributed by atoms with Crippen molar-refractivity contribution in [2.45, 2.75) is 20.4 Å². The Morgan fingerprint density at radius 3 is 2.69 bits per heavy atom. The molecule has 0 aliphatic carbocycles. The Labute approximate surface area is 94.4 Å². The molecule has 3 N–H and O–H groups in total. The monoisotopic (exact) mass is 217 g/mol. The number of H-pyrrole nitrogens is 1. The fraction of sp³-hybridized carbons (Fsp3) is 0.250. The molecular weight excluding hydrogens is 202 g/mol. The maximum atomic E-state index is 5.60. The Hall–Kier alpha value is -1.81. The average Bonchev–Trinajstić information content (AvgIpc) is 2.64. The fourth-order valence-corrected chi connectivity index (χ4v) is 1.53. The standard InChI is InChI=1S/C12H15N3O/c1-8-5-11(4-3-10(8)7-13)16-12-6-9(2)14-15-12/h3-6H,7,13H2,1-2H3,(H,14,15). The normalized spacial score (nSPS) is 10.4. The molecular formula is C12H15N3O. The molecule has 0 bridgehead atoms. The van der Waals surface area contributed by atoms with Crippen LogP contribution in [0.2, 0.25) is 0 Å². The number of nitrogens with two attached hydrogens (primary N) is 1. The number of benzene rings is 1. The van der Waals surface area contributed by atoms with Gasteiger partial charge in [0, 0.05) is 18.3 Å². The summed E-state index contributed by atoms with van der Waals surface area (Å²) in [5.41, 5.74) is 8.84. The summed E-state index contributed by atoms with van der Waals surface area (Å²) in [6.45, 7) is 4.50. The van der Waals surface area contributed by atoms with Gasteiger partial charge < -0.3 is 10.5 Å². The molecule has 0 saturated carbocycles. The number of aromatic nitrogens is 2. The van der Waals surface area contributed by atoms with Gasteiger partial charge in [-0.2, -0.15) is 0 Å². The first-order chi connectivity index (χ1) is 7.69. The van der Waals surface area contributed by atoms with Crippen LogP contribution in [0.25, 0.3) is 0 Å². The molecule has 4 heteroatoms. The highest BCUT2D eigenvalue weighted by Gasteiger charge is 2.03. The van der Waals surface area contributed by atoms with E-state index in [1.807, 2.05) is 38.1 Å². The lowest BCUT2D eigenvalue weighted by atomic mass is 10.1. The Morgan fingerprint density at radius 1 is 1.31 bits per heavy atom. The molecule has 84 valence electrons. The van der Waals surface area contributed by atoms with Crippen LogP contribution in [0, 0.1) is 13.8 Å². The van der Waals surface area contributed by atoms with E-state index in [4.69, 9.17) is 10.5 Å². The number of aryl methyl sites for hydroxylation is 2. The summed E-state index contributed by atoms with van der Waals surface area (Å²) >= 11 is 0. The van der Waals surface area contributed by atoms with Gasteiger partial charge in [0.2, 0.25) is 5.88 Å². The van der Waals surface area contributed by atoms with E-state index in [-0.39, 0.29) is 0 Å². The molecule has 2 aromatic rings. The number of hydrogen-bond acceptors (Lipinski definition) is 3. The first-order valence-electron chi connectivity index (χ1n) is 5.18. The summed E-state index contributed by atoms with van der Waals surface area (Å²) in [5, 5.41) is 6.84. The molecule has 0 fully saturated rings. The van der Waals surface area contributed by atoms with Crippen molar-refractivity contribution in [3.8, 4) is 11.6 Å². The van der Waals surface area contributed by atoms with E-state index >= 15 is 0 Å². The van der Waals surface area contributed by atoms with Crippen molar-refractivity contribution >= 4 is 0 Å². The highest BCUT2D eigenvalue weighted by molar-refractivity contribution is 5.36. The number of hydrogen-bond donors (Lipinski definition) is 2. The number of ether oxygens (including phenoxy) is 1. The predicted molar refractivity (Wildman–Crippen MR) is 62.5 cm³/mol. The average molecular weight is 217 g/mol. The molecule has 1 aromatic carbocycles. The van der Waals surface area contributed by atoms with Crippen molar-refractivity contribution in [3.05, 3.63) is 41.1 Å². The molecule has 0 amide bonds. The number of aromatic amines is 1. The van der Waals surface area contributed by atoms with Gasteiger partial charge in [0.15, 0.2) is 0 Å². The summed E-state index contributed by atoms with van der Waals surface area (Å²) in [6.07, 6.45) is 0. The van der Waals surface area contributed by atoms with Crippen molar-refractivity contribution in [2.24, 2.45) is 5.73 Å². The molecule has 16 heavy (non-hydrogen) atoms. The summed E-state index contributed by atoms with van der Waals surface area (Å²) in [7, 11) is 0. The SMILES string of the molecule is Cc1cc(Oc2ccc(CN)c(C)c2)n[nH]1. The second-order valence-electron chi connectivity index (χ2n) is 3.78. The van der Waals surface area contributed by atoms with Crippen LogP contribution in [0.5, 0.6) is 11.6 Å². The van der Waals surface area contributed by atoms with Crippen molar-refractivity contribution in [1.29, 1.82) is 0 Å². The maximum absolute atomic E-state index is 5.60. The van der Waals surface area contributed by atoms with E-state index < -0.39 is 0 Å². The lowest BCUT2D eigenvalue weighted by Gasteiger charge is -2.06. The summed E-state index contributed by atoms with van der Waals surface area (Å²) < 4.78 is 5.60. The third kappa shape index (κ3) is 2.23. The largest absolute Gasteiger partial charge is 0.438 e. The quantitative estimate of drug-likeness (QED) is 0.829. The van der Waals surface area contributed by atoms with Crippen LogP contribution >= 0.6 is 0 Å². The van der Waals surface area contributed by atoms with Gasteiger partial charge in [0.1, 0.15) is 5.75 Å². The minimum Gasteiger partial charge on any atom is -0.438 e. The summed E-state index contributed by atoms with van der Waals surface area (Å²) in [5.74, 6) is 1.36. The number of nitrogens with zero attached hydrogens (tertiary/aromatic N) is 1. The lowest BCUT2D eigenvalue weighted by molar-refractivity contribution is 0.461. The van der Waals surface area contributed by atoms with Crippen LogP contribution in [0.4, 0.5) is 0 Å². The van der Waals surface area contributed by atoms with Gasteiger partial charge in [0.05, 0.1) is 0 Å². The molecule has 0 atom stereocenters. The lowest BCUT2D eigenvalue weighted by Crippen LogP contribution is -1.98. The minimum absolute atomic E-state index is 0.549. The Bertz CT molecular complexity index is 491. The zero-order chi connectivity index (χ0) is 11.5. The van der Waals surface area contributed by atoms with E-state index in [2.05, 4.69) is 10.2 Å². The zero-order valence-corrected chi connectivity index (χ0v) is 9.45. The van der Waals surface area contributed by atoms with E-state index in [9.17, 15) is 0 Å². The Balaban J connectivity index is 2.19. The molecule has 4 nitrogen and oxygen atoms in total.